The number of primary amides is 1. The molecule has 0 aromatic heterocycles. The molecule has 3 rings (SSSR count). The minimum absolute atomic E-state index is 0.0731. The molecule has 1 heterocycles. The third-order valence-electron chi connectivity index (χ3n) is 4.54. The first kappa shape index (κ1) is 16.1. The van der Waals surface area contributed by atoms with Crippen molar-refractivity contribution in [1.29, 1.82) is 0 Å². The van der Waals surface area contributed by atoms with Crippen LogP contribution in [0.2, 0.25) is 0 Å². The molecule has 1 saturated heterocycles. The van der Waals surface area contributed by atoms with E-state index in [1.54, 1.807) is 12.1 Å². The molecule has 1 fully saturated rings. The first-order valence-electron chi connectivity index (χ1n) is 7.91. The van der Waals surface area contributed by atoms with Crippen molar-refractivity contribution in [2.24, 2.45) is 5.73 Å². The fourth-order valence-corrected chi connectivity index (χ4v) is 3.39. The van der Waals surface area contributed by atoms with Gasteiger partial charge in [0.2, 0.25) is 5.91 Å². The molecule has 0 unspecified atom stereocenters. The molecule has 0 aliphatic carbocycles. The summed E-state index contributed by atoms with van der Waals surface area (Å²) in [5, 5.41) is 0. The molecule has 1 aliphatic rings. The molecule has 5 heteroatoms. The number of nitrogens with zero attached hydrogens (tertiary/aromatic N) is 1. The molecule has 1 amide bonds. The van der Waals surface area contributed by atoms with Crippen LogP contribution in [-0.2, 0) is 9.53 Å². The second kappa shape index (κ2) is 6.74. The van der Waals surface area contributed by atoms with Gasteiger partial charge in [-0.05, 0) is 36.2 Å². The number of carbonyl (C=O) groups excluding carboxylic acids is 2. The van der Waals surface area contributed by atoms with Crippen molar-refractivity contribution in [3.8, 4) is 0 Å². The van der Waals surface area contributed by atoms with Crippen molar-refractivity contribution in [2.75, 3.05) is 18.6 Å². The molecule has 5 nitrogen and oxygen atoms in total. The third-order valence-corrected chi connectivity index (χ3v) is 4.54. The van der Waals surface area contributed by atoms with E-state index in [9.17, 15) is 9.59 Å². The highest BCUT2D eigenvalue weighted by atomic mass is 16.5. The number of ether oxygens (including phenoxy) is 1. The van der Waals surface area contributed by atoms with Crippen LogP contribution in [0.15, 0.2) is 54.6 Å². The lowest BCUT2D eigenvalue weighted by Gasteiger charge is -2.27. The Labute approximate surface area is 141 Å². The van der Waals surface area contributed by atoms with Crippen LogP contribution in [0.25, 0.3) is 0 Å². The molecule has 24 heavy (non-hydrogen) atoms. The Morgan fingerprint density at radius 1 is 1.08 bits per heavy atom. The topological polar surface area (TPSA) is 72.6 Å². The standard InChI is InChI=1S/C19H20N2O3/c1-24-19(23)14-7-9-15(10-8-14)21-12-11-16(17(21)18(20)22)13-5-3-2-4-6-13/h2-10,16-17H,11-12H2,1H3,(H2,20,22)/t16-,17+/m0/s1. The number of hydrogen-bond donors (Lipinski definition) is 1. The number of methoxy groups -OCH3 is 1. The maximum atomic E-state index is 12.1. The van der Waals surface area contributed by atoms with Gasteiger partial charge in [0.15, 0.2) is 0 Å². The summed E-state index contributed by atoms with van der Waals surface area (Å²) in [5.74, 6) is -0.640. The fourth-order valence-electron chi connectivity index (χ4n) is 3.39. The quantitative estimate of drug-likeness (QED) is 0.876. The molecule has 2 aromatic carbocycles. The van der Waals surface area contributed by atoms with Crippen molar-refractivity contribution in [2.45, 2.75) is 18.4 Å². The fraction of sp³-hybridized carbons (Fsp3) is 0.263. The summed E-state index contributed by atoms with van der Waals surface area (Å²) in [5.41, 5.74) is 8.18. The Balaban J connectivity index is 1.88. The van der Waals surface area contributed by atoms with Crippen LogP contribution in [-0.4, -0.2) is 31.6 Å². The number of benzene rings is 2. The number of rotatable bonds is 4. The average Bonchev–Trinajstić information content (AvgIpc) is 3.07. The summed E-state index contributed by atoms with van der Waals surface area (Å²) in [6.45, 7) is 0.741. The van der Waals surface area contributed by atoms with Gasteiger partial charge in [0.1, 0.15) is 6.04 Å². The minimum Gasteiger partial charge on any atom is -0.465 e. The van der Waals surface area contributed by atoms with Crippen LogP contribution in [0, 0.1) is 0 Å². The van der Waals surface area contributed by atoms with Gasteiger partial charge in [0.25, 0.3) is 0 Å². The highest BCUT2D eigenvalue weighted by Crippen LogP contribution is 2.36. The first-order chi connectivity index (χ1) is 11.6. The van der Waals surface area contributed by atoms with E-state index in [1.807, 2.05) is 47.4 Å². The zero-order valence-corrected chi connectivity index (χ0v) is 13.5. The van der Waals surface area contributed by atoms with Crippen molar-refractivity contribution in [3.05, 3.63) is 65.7 Å². The van der Waals surface area contributed by atoms with Gasteiger partial charge in [-0.1, -0.05) is 30.3 Å². The number of esters is 1. The summed E-state index contributed by atoms with van der Waals surface area (Å²) >= 11 is 0. The average molecular weight is 324 g/mol. The van der Waals surface area contributed by atoms with Gasteiger partial charge in [-0.15, -0.1) is 0 Å². The minimum atomic E-state index is -0.392. The van der Waals surface area contributed by atoms with Crippen LogP contribution in [0.5, 0.6) is 0 Å². The van der Waals surface area contributed by atoms with Crippen molar-refractivity contribution < 1.29 is 14.3 Å². The molecule has 2 N–H and O–H groups in total. The van der Waals surface area contributed by atoms with Crippen LogP contribution in [0.1, 0.15) is 28.3 Å². The molecular weight excluding hydrogens is 304 g/mol. The van der Waals surface area contributed by atoms with Gasteiger partial charge in [-0.2, -0.15) is 0 Å². The first-order valence-corrected chi connectivity index (χ1v) is 7.91. The SMILES string of the molecule is COC(=O)c1ccc(N2CC[C@@H](c3ccccc3)[C@@H]2C(N)=O)cc1. The second-order valence-corrected chi connectivity index (χ2v) is 5.88. The molecule has 2 atom stereocenters. The Hall–Kier alpha value is -2.82. The Kier molecular flexibility index (Phi) is 4.51. The van der Waals surface area contributed by atoms with E-state index < -0.39 is 6.04 Å². The lowest BCUT2D eigenvalue weighted by Crippen LogP contribution is -2.43. The lowest BCUT2D eigenvalue weighted by atomic mass is 9.91. The van der Waals surface area contributed by atoms with Gasteiger partial charge in [0.05, 0.1) is 12.7 Å². The monoisotopic (exact) mass is 324 g/mol. The molecule has 0 radical (unpaired) electrons. The van der Waals surface area contributed by atoms with Crippen LogP contribution >= 0.6 is 0 Å². The van der Waals surface area contributed by atoms with E-state index >= 15 is 0 Å². The highest BCUT2D eigenvalue weighted by molar-refractivity contribution is 5.90. The van der Waals surface area contributed by atoms with Crippen molar-refractivity contribution in [3.63, 3.8) is 0 Å². The van der Waals surface area contributed by atoms with Gasteiger partial charge >= 0.3 is 5.97 Å². The molecule has 0 bridgehead atoms. The molecule has 2 aromatic rings. The van der Waals surface area contributed by atoms with E-state index in [0.717, 1.165) is 24.2 Å². The lowest BCUT2D eigenvalue weighted by molar-refractivity contribution is -0.119. The van der Waals surface area contributed by atoms with Gasteiger partial charge in [-0.3, -0.25) is 4.79 Å². The zero-order chi connectivity index (χ0) is 17.1. The van der Waals surface area contributed by atoms with E-state index in [0.29, 0.717) is 5.56 Å². The molecule has 124 valence electrons. The highest BCUT2D eigenvalue weighted by Gasteiger charge is 2.39. The maximum absolute atomic E-state index is 12.1. The van der Waals surface area contributed by atoms with Crippen LogP contribution in [0.4, 0.5) is 5.69 Å². The predicted molar refractivity (Wildman–Crippen MR) is 91.9 cm³/mol. The van der Waals surface area contributed by atoms with Gasteiger partial charge in [0, 0.05) is 18.2 Å². The largest absolute Gasteiger partial charge is 0.465 e. The van der Waals surface area contributed by atoms with Crippen molar-refractivity contribution >= 4 is 17.6 Å². The number of hydrogen-bond acceptors (Lipinski definition) is 4. The molecule has 1 aliphatic heterocycles. The summed E-state index contributed by atoms with van der Waals surface area (Å²) in [7, 11) is 1.35. The predicted octanol–water partition coefficient (Wildman–Crippen LogP) is 2.32. The summed E-state index contributed by atoms with van der Waals surface area (Å²) in [4.78, 5) is 25.7. The van der Waals surface area contributed by atoms with Crippen LogP contribution in [0.3, 0.4) is 0 Å². The van der Waals surface area contributed by atoms with Gasteiger partial charge in [-0.25, -0.2) is 4.79 Å². The second-order valence-electron chi connectivity index (χ2n) is 5.88. The normalized spacial score (nSPS) is 20.0. The number of nitrogens with two attached hydrogens (primary N) is 1. The molecule has 0 saturated carbocycles. The maximum Gasteiger partial charge on any atom is 0.337 e. The van der Waals surface area contributed by atoms with E-state index in [4.69, 9.17) is 10.5 Å². The molecule has 0 spiro atoms. The summed E-state index contributed by atoms with van der Waals surface area (Å²) < 4.78 is 4.71. The summed E-state index contributed by atoms with van der Waals surface area (Å²) in [6, 6.07) is 16.6. The van der Waals surface area contributed by atoms with Crippen molar-refractivity contribution in [1.82, 2.24) is 0 Å². The Morgan fingerprint density at radius 3 is 2.33 bits per heavy atom. The number of carbonyl (C=O) groups is 2. The Bertz CT molecular complexity index is 728. The van der Waals surface area contributed by atoms with E-state index in [-0.39, 0.29) is 17.8 Å². The van der Waals surface area contributed by atoms with Gasteiger partial charge < -0.3 is 15.4 Å². The Morgan fingerprint density at radius 2 is 1.75 bits per heavy atom. The van der Waals surface area contributed by atoms with Crippen LogP contribution < -0.4 is 10.6 Å². The zero-order valence-electron chi connectivity index (χ0n) is 13.5. The molecular formula is C19H20N2O3. The number of anilines is 1. The number of amides is 1. The van der Waals surface area contributed by atoms with E-state index in [1.165, 1.54) is 7.11 Å². The van der Waals surface area contributed by atoms with E-state index in [2.05, 4.69) is 0 Å². The summed E-state index contributed by atoms with van der Waals surface area (Å²) in [6.07, 6.45) is 0.858. The third kappa shape index (κ3) is 2.97. The smallest absolute Gasteiger partial charge is 0.337 e.